The van der Waals surface area contributed by atoms with Gasteiger partial charge in [-0.1, -0.05) is 0 Å². The van der Waals surface area contributed by atoms with Gasteiger partial charge in [-0.25, -0.2) is 8.57 Å². The lowest BCUT2D eigenvalue weighted by Crippen LogP contribution is -2.47. The topological polar surface area (TPSA) is 272 Å². The number of carbonyl (C=O) groups is 9. The Morgan fingerprint density at radius 1 is 0.745 bits per heavy atom. The van der Waals surface area contributed by atoms with Crippen molar-refractivity contribution >= 4 is 78.8 Å². The van der Waals surface area contributed by atoms with Crippen molar-refractivity contribution in [2.24, 2.45) is 0 Å². The summed E-state index contributed by atoms with van der Waals surface area (Å²) in [7, 11) is 0. The third-order valence-electron chi connectivity index (χ3n) is 7.53. The van der Waals surface area contributed by atoms with Crippen molar-refractivity contribution in [2.75, 3.05) is 45.9 Å². The molecule has 2 fully saturated rings. The molecule has 0 bridgehead atoms. The Morgan fingerprint density at radius 3 is 1.55 bits per heavy atom. The summed E-state index contributed by atoms with van der Waals surface area (Å²) in [5.74, 6) is -4.71. The molecule has 51 heavy (non-hydrogen) atoms. The summed E-state index contributed by atoms with van der Waals surface area (Å²) in [5, 5.41) is 12.9. The zero-order valence-electron chi connectivity index (χ0n) is 30.1. The first kappa shape index (κ1) is 39.9. The number of imide groups is 2. The van der Waals surface area contributed by atoms with Gasteiger partial charge in [0.25, 0.3) is 0 Å². The predicted octanol–water partition coefficient (Wildman–Crippen LogP) is -4.09. The summed E-state index contributed by atoms with van der Waals surface area (Å²) in [6, 6.07) is -2.82. The summed E-state index contributed by atoms with van der Waals surface area (Å²) >= 11 is 0.466. The smallest absolute Gasteiger partial charge is 0.249 e. The molecule has 2 saturated heterocycles. The highest BCUT2D eigenvalue weighted by atomic mass is 32.1. The van der Waals surface area contributed by atoms with E-state index in [1.807, 2.05) is 0 Å². The van der Waals surface area contributed by atoms with Gasteiger partial charge in [-0.2, -0.15) is 11.0 Å². The number of likely N-dealkylation sites (tertiary alicyclic amines) is 2. The van der Waals surface area contributed by atoms with E-state index in [-0.39, 0.29) is 110 Å². The average molecular weight is 768 g/mol. The summed E-state index contributed by atoms with van der Waals surface area (Å²) in [6.07, 6.45) is -2.14. The molecule has 23 heteroatoms. The molecule has 0 saturated carbocycles. The van der Waals surface area contributed by atoms with Gasteiger partial charge in [0.15, 0.2) is 0 Å². The Kier molecular flexibility index (Phi) is 17.9. The molecule has 0 aromatic heterocycles. The highest BCUT2D eigenvalue weighted by molar-refractivity contribution is 7.75. The van der Waals surface area contributed by atoms with Crippen LogP contribution in [0.4, 0.5) is 0 Å². The van der Waals surface area contributed by atoms with Crippen LogP contribution in [-0.2, 0) is 56.5 Å². The van der Waals surface area contributed by atoms with E-state index in [9.17, 15) is 43.2 Å². The van der Waals surface area contributed by atoms with E-state index in [1.54, 1.807) is 6.92 Å². The second-order valence-corrected chi connectivity index (χ2v) is 11.6. The number of hydrogen-bond donors (Lipinski definition) is 9. The first-order valence-electron chi connectivity index (χ1n) is 16.9. The molecule has 3 unspecified atom stereocenters. The molecule has 2 rings (SSSR count). The summed E-state index contributed by atoms with van der Waals surface area (Å²) < 4.78 is 28.1. The van der Waals surface area contributed by atoms with Crippen LogP contribution in [-0.4, -0.2) is 135 Å². The Hall–Kier alpha value is -3.87. The molecular formula is C28H45N9O12S2. The maximum Gasteiger partial charge on any atom is 0.249 e. The van der Waals surface area contributed by atoms with Crippen LogP contribution in [0, 0.1) is 0 Å². The highest BCUT2D eigenvalue weighted by Crippen LogP contribution is 2.14. The Balaban J connectivity index is 1.73. The van der Waals surface area contributed by atoms with E-state index in [4.69, 9.17) is 6.98 Å². The van der Waals surface area contributed by atoms with Gasteiger partial charge in [0.05, 0.1) is 12.8 Å². The van der Waals surface area contributed by atoms with Crippen LogP contribution in [0.3, 0.4) is 0 Å². The van der Waals surface area contributed by atoms with Crippen molar-refractivity contribution in [1.29, 1.82) is 2.25 Å². The molecule has 9 amide bonds. The Bertz CT molecular complexity index is 1250. The average Bonchev–Trinajstić information content (AvgIpc) is 3.55. The summed E-state index contributed by atoms with van der Waals surface area (Å²) in [5.41, 5.74) is 4.58. The van der Waals surface area contributed by atoms with Crippen LogP contribution in [0.25, 0.3) is 0 Å². The van der Waals surface area contributed by atoms with Gasteiger partial charge in [-0.3, -0.25) is 53.0 Å². The lowest BCUT2D eigenvalue weighted by Gasteiger charge is -2.21. The standard InChI is InChI=1S/C28H45N9O12S2/c1-3-47-16(2)26(44)33-17(12-22(40)31-8-6-29-20(38)4-10-36-24(42)14-18(27(36)45)34-48-50)13-23(41)32-9-7-30-21(39)5-11-37-25(43)15-19(28(37)46)35-49-51/h16-19,34-35,50-51H,3-15H2,1-2H3,(H,29,38)(H,30,39)(H,31,40)(H,32,41)(H,33,44)/i/hT2. The molecule has 2 aliphatic rings. The minimum Gasteiger partial charge on any atom is -0.369 e. The van der Waals surface area contributed by atoms with Gasteiger partial charge in [0.1, 0.15) is 20.4 Å². The monoisotopic (exact) mass is 767 g/mol. The van der Waals surface area contributed by atoms with Gasteiger partial charge in [-0.05, 0) is 39.5 Å². The van der Waals surface area contributed by atoms with Crippen molar-refractivity contribution in [1.82, 2.24) is 47.3 Å². The van der Waals surface area contributed by atoms with Crippen LogP contribution in [0.1, 0.15) is 52.4 Å². The van der Waals surface area contributed by atoms with Gasteiger partial charge in [0.2, 0.25) is 53.2 Å². The van der Waals surface area contributed by atoms with Gasteiger partial charge < -0.3 is 31.3 Å². The zero-order valence-corrected chi connectivity index (χ0v) is 29.7. The number of rotatable bonds is 26. The van der Waals surface area contributed by atoms with Crippen molar-refractivity contribution in [3.63, 3.8) is 0 Å². The molecule has 3 atom stereocenters. The molecule has 2 heterocycles. The molecular weight excluding hydrogens is 718 g/mol. The number of hydroxylamine groups is 2. The number of nitrogens with zero attached hydrogens (tertiary/aromatic N) is 2. The summed E-state index contributed by atoms with van der Waals surface area (Å²) in [6.45, 7) is 3.17. The third kappa shape index (κ3) is 15.1. The van der Waals surface area contributed by atoms with E-state index in [2.05, 4.69) is 46.1 Å². The zero-order chi connectivity index (χ0) is 39.3. The van der Waals surface area contributed by atoms with Crippen LogP contribution in [0.5, 0.6) is 0 Å². The number of ether oxygens (including phenoxy) is 1. The minimum atomic E-state index is -0.942. The van der Waals surface area contributed by atoms with E-state index in [0.717, 1.165) is 9.80 Å². The van der Waals surface area contributed by atoms with Gasteiger partial charge in [0, 0.05) is 77.6 Å². The van der Waals surface area contributed by atoms with Crippen LogP contribution < -0.4 is 37.5 Å². The normalized spacial score (nSPS) is 18.9. The molecule has 21 nitrogen and oxygen atoms in total. The van der Waals surface area contributed by atoms with Gasteiger partial charge >= 0.3 is 0 Å². The van der Waals surface area contributed by atoms with Crippen molar-refractivity contribution < 1.29 is 56.5 Å². The highest BCUT2D eigenvalue weighted by Gasteiger charge is 2.39. The fraction of sp³-hybridized carbons (Fsp3) is 0.679. The lowest BCUT2D eigenvalue weighted by molar-refractivity contribution is -0.141. The molecule has 7 N–H and O–H groups in total. The van der Waals surface area contributed by atoms with Crippen molar-refractivity contribution in [2.45, 2.75) is 76.6 Å². The fourth-order valence-corrected chi connectivity index (χ4v) is 5.19. The van der Waals surface area contributed by atoms with Crippen molar-refractivity contribution in [3.05, 3.63) is 0 Å². The first-order valence-corrected chi connectivity index (χ1v) is 16.7. The molecule has 0 aliphatic carbocycles. The van der Waals surface area contributed by atoms with Gasteiger partial charge in [-0.15, -0.1) is 0 Å². The van der Waals surface area contributed by atoms with E-state index < -0.39 is 77.4 Å². The lowest BCUT2D eigenvalue weighted by atomic mass is 10.1. The molecule has 286 valence electrons. The predicted molar refractivity (Wildman–Crippen MR) is 180 cm³/mol. The van der Waals surface area contributed by atoms with E-state index in [1.165, 1.54) is 6.92 Å². The molecule has 2 aliphatic heterocycles. The Morgan fingerprint density at radius 2 is 1.16 bits per heavy atom. The van der Waals surface area contributed by atoms with Crippen LogP contribution >= 0.6 is 25.6 Å². The van der Waals surface area contributed by atoms with E-state index >= 15 is 0 Å². The second kappa shape index (κ2) is 22.8. The van der Waals surface area contributed by atoms with Crippen LogP contribution in [0.2, 0.25) is 0 Å². The maximum absolute atomic E-state index is 12.7. The number of carbonyl (C=O) groups excluding carboxylic acids is 9. The maximum atomic E-state index is 12.7. The largest absolute Gasteiger partial charge is 0.369 e. The number of nitrogens with one attached hydrogen (secondary N) is 7. The number of hydrogen-bond acceptors (Lipinski definition) is 16. The SMILES string of the molecule is [3H]SONC1CC(=O)N(CCC(=O)NCCNC(=O)CC(CC(=O)NCCNC(=O)CCN2C(=O)CC(NOS[3H])C2=O)NC(=O)C(C)OCC)C1=O. The van der Waals surface area contributed by atoms with Crippen LogP contribution in [0.15, 0.2) is 0 Å². The first-order chi connectivity index (χ1) is 25.3. The summed E-state index contributed by atoms with van der Waals surface area (Å²) in [4.78, 5) is 113. The quantitative estimate of drug-likeness (QED) is 0.0133. The van der Waals surface area contributed by atoms with E-state index in [0.29, 0.717) is 0 Å². The molecule has 0 aromatic carbocycles. The molecule has 0 aromatic rings. The number of amides is 9. The second-order valence-electron chi connectivity index (χ2n) is 11.3. The Labute approximate surface area is 307 Å². The fourth-order valence-electron chi connectivity index (χ4n) is 4.96. The number of thiol groups is 2. The third-order valence-corrected chi connectivity index (χ3v) is 7.72. The minimum absolute atomic E-state index is 0.000686. The van der Waals surface area contributed by atoms with Crippen molar-refractivity contribution in [3.8, 4) is 0 Å². The molecule has 0 radical (unpaired) electrons. The molecule has 0 spiro atoms.